The molecule has 0 saturated heterocycles. The lowest BCUT2D eigenvalue weighted by atomic mass is 10.0. The van der Waals surface area contributed by atoms with Crippen LogP contribution in [0.2, 0.25) is 0 Å². The summed E-state index contributed by atoms with van der Waals surface area (Å²) in [7, 11) is 0. The Balaban J connectivity index is 2.56. The topological polar surface area (TPSA) is 43.8 Å². The minimum absolute atomic E-state index is 0.167. The molecule has 0 saturated carbocycles. The van der Waals surface area contributed by atoms with E-state index in [9.17, 15) is 8.78 Å². The quantitative estimate of drug-likeness (QED) is 0.861. The van der Waals surface area contributed by atoms with Crippen molar-refractivity contribution in [2.75, 3.05) is 0 Å². The number of aryl methyl sites for hydroxylation is 1. The predicted octanol–water partition coefficient (Wildman–Crippen LogP) is 3.75. The summed E-state index contributed by atoms with van der Waals surface area (Å²) in [6, 6.07) is 1.46. The van der Waals surface area contributed by atoms with Crippen LogP contribution in [0.3, 0.4) is 0 Å². The van der Waals surface area contributed by atoms with E-state index in [4.69, 9.17) is 5.73 Å². The molecule has 2 N–H and O–H groups in total. The second kappa shape index (κ2) is 5.68. The van der Waals surface area contributed by atoms with Gasteiger partial charge in [0, 0.05) is 16.6 Å². The van der Waals surface area contributed by atoms with Crippen LogP contribution in [0.1, 0.15) is 24.2 Å². The van der Waals surface area contributed by atoms with Crippen molar-refractivity contribution in [3.63, 3.8) is 0 Å². The molecule has 1 aromatic heterocycles. The fourth-order valence-corrected chi connectivity index (χ4v) is 2.87. The number of halogens is 4. The van der Waals surface area contributed by atoms with Crippen LogP contribution in [0, 0.1) is 11.6 Å². The molecule has 7 heteroatoms. The maximum atomic E-state index is 13.9. The Kier molecular flexibility index (Phi) is 4.37. The lowest BCUT2D eigenvalue weighted by Gasteiger charge is -2.16. The first-order chi connectivity index (χ1) is 8.95. The van der Waals surface area contributed by atoms with E-state index in [0.717, 1.165) is 0 Å². The van der Waals surface area contributed by atoms with Gasteiger partial charge in [-0.3, -0.25) is 4.68 Å². The molecule has 0 radical (unpaired) electrons. The van der Waals surface area contributed by atoms with Crippen molar-refractivity contribution in [1.82, 2.24) is 9.78 Å². The van der Waals surface area contributed by atoms with Crippen molar-refractivity contribution in [2.45, 2.75) is 19.5 Å². The van der Waals surface area contributed by atoms with Gasteiger partial charge in [-0.05, 0) is 35.0 Å². The first-order valence-electron chi connectivity index (χ1n) is 5.57. The van der Waals surface area contributed by atoms with E-state index in [0.29, 0.717) is 21.2 Å². The average Bonchev–Trinajstić information content (AvgIpc) is 2.68. The van der Waals surface area contributed by atoms with Gasteiger partial charge in [0.05, 0.1) is 22.4 Å². The molecule has 0 aliphatic rings. The van der Waals surface area contributed by atoms with E-state index in [1.54, 1.807) is 10.9 Å². The van der Waals surface area contributed by atoms with Gasteiger partial charge in [0.1, 0.15) is 11.6 Å². The highest BCUT2D eigenvalue weighted by Gasteiger charge is 2.24. The number of aromatic nitrogens is 2. The zero-order valence-electron chi connectivity index (χ0n) is 10.0. The van der Waals surface area contributed by atoms with Crippen molar-refractivity contribution < 1.29 is 8.78 Å². The van der Waals surface area contributed by atoms with Crippen molar-refractivity contribution in [3.05, 3.63) is 50.2 Å². The maximum Gasteiger partial charge on any atom is 0.132 e. The van der Waals surface area contributed by atoms with Gasteiger partial charge in [-0.15, -0.1) is 0 Å². The monoisotopic (exact) mass is 393 g/mol. The minimum atomic E-state index is -0.926. The van der Waals surface area contributed by atoms with Gasteiger partial charge in [0.2, 0.25) is 0 Å². The molecule has 0 aliphatic heterocycles. The Morgan fingerprint density at radius 3 is 2.42 bits per heavy atom. The van der Waals surface area contributed by atoms with Crippen molar-refractivity contribution in [2.24, 2.45) is 5.73 Å². The standard InChI is InChI=1S/C12H11Br2F2N3/c1-2-19-12(7(14)5-18-19)11(17)10-8(15)3-6(13)4-9(10)16/h3-5,11H,2,17H2,1H3. The van der Waals surface area contributed by atoms with Crippen LogP contribution in [0.5, 0.6) is 0 Å². The third-order valence-electron chi connectivity index (χ3n) is 2.78. The van der Waals surface area contributed by atoms with E-state index in [2.05, 4.69) is 37.0 Å². The Morgan fingerprint density at radius 2 is 1.89 bits per heavy atom. The molecule has 102 valence electrons. The molecular formula is C12H11Br2F2N3. The zero-order valence-corrected chi connectivity index (χ0v) is 13.2. The highest BCUT2D eigenvalue weighted by atomic mass is 79.9. The molecule has 1 aromatic carbocycles. The summed E-state index contributed by atoms with van der Waals surface area (Å²) in [5.74, 6) is -1.37. The molecule has 1 heterocycles. The summed E-state index contributed by atoms with van der Waals surface area (Å²) in [5.41, 5.74) is 6.38. The van der Waals surface area contributed by atoms with Gasteiger partial charge in [-0.25, -0.2) is 8.78 Å². The Labute approximate surface area is 126 Å². The maximum absolute atomic E-state index is 13.9. The van der Waals surface area contributed by atoms with Crippen LogP contribution in [-0.4, -0.2) is 9.78 Å². The number of hydrogen-bond acceptors (Lipinski definition) is 2. The summed E-state index contributed by atoms with van der Waals surface area (Å²) in [6.07, 6.45) is 1.56. The summed E-state index contributed by atoms with van der Waals surface area (Å²) >= 11 is 6.34. The Morgan fingerprint density at radius 1 is 1.32 bits per heavy atom. The smallest absolute Gasteiger partial charge is 0.132 e. The molecule has 3 nitrogen and oxygen atoms in total. The van der Waals surface area contributed by atoms with Crippen molar-refractivity contribution in [1.29, 1.82) is 0 Å². The number of hydrogen-bond donors (Lipinski definition) is 1. The third kappa shape index (κ3) is 2.73. The Bertz CT molecular complexity index is 590. The van der Waals surface area contributed by atoms with E-state index >= 15 is 0 Å². The largest absolute Gasteiger partial charge is 0.319 e. The highest BCUT2D eigenvalue weighted by molar-refractivity contribution is 9.10. The van der Waals surface area contributed by atoms with Crippen LogP contribution in [0.15, 0.2) is 27.3 Å². The van der Waals surface area contributed by atoms with E-state index in [1.807, 2.05) is 6.92 Å². The summed E-state index contributed by atoms with van der Waals surface area (Å²) in [5, 5.41) is 4.09. The van der Waals surface area contributed by atoms with Crippen LogP contribution < -0.4 is 5.73 Å². The van der Waals surface area contributed by atoms with Crippen LogP contribution in [0.25, 0.3) is 0 Å². The van der Waals surface area contributed by atoms with E-state index in [1.165, 1.54) is 12.1 Å². The first kappa shape index (κ1) is 14.6. The molecule has 0 bridgehead atoms. The normalized spacial score (nSPS) is 12.7. The molecule has 0 fully saturated rings. The van der Waals surface area contributed by atoms with Gasteiger partial charge in [0.15, 0.2) is 0 Å². The molecule has 0 aliphatic carbocycles. The fourth-order valence-electron chi connectivity index (χ4n) is 1.92. The van der Waals surface area contributed by atoms with Gasteiger partial charge in [-0.1, -0.05) is 15.9 Å². The van der Waals surface area contributed by atoms with Crippen LogP contribution in [-0.2, 0) is 6.54 Å². The lowest BCUT2D eigenvalue weighted by Crippen LogP contribution is -2.20. The molecule has 0 spiro atoms. The zero-order chi connectivity index (χ0) is 14.2. The van der Waals surface area contributed by atoms with Crippen molar-refractivity contribution >= 4 is 31.9 Å². The third-order valence-corrected chi connectivity index (χ3v) is 3.85. The number of nitrogens with two attached hydrogens (primary N) is 1. The molecule has 1 unspecified atom stereocenters. The lowest BCUT2D eigenvalue weighted by molar-refractivity contribution is 0.523. The van der Waals surface area contributed by atoms with Gasteiger partial charge in [-0.2, -0.15) is 5.10 Å². The fraction of sp³-hybridized carbons (Fsp3) is 0.250. The average molecular weight is 395 g/mol. The predicted molar refractivity (Wildman–Crippen MR) is 75.7 cm³/mol. The molecule has 2 aromatic rings. The Hall–Kier alpha value is -0.790. The van der Waals surface area contributed by atoms with E-state index in [-0.39, 0.29) is 5.56 Å². The van der Waals surface area contributed by atoms with Gasteiger partial charge < -0.3 is 5.73 Å². The second-order valence-corrected chi connectivity index (χ2v) is 5.72. The number of benzene rings is 1. The number of rotatable bonds is 3. The second-order valence-electron chi connectivity index (χ2n) is 3.95. The van der Waals surface area contributed by atoms with Gasteiger partial charge >= 0.3 is 0 Å². The minimum Gasteiger partial charge on any atom is -0.319 e. The highest BCUT2D eigenvalue weighted by Crippen LogP contribution is 2.31. The molecule has 19 heavy (non-hydrogen) atoms. The molecule has 0 amide bonds. The number of nitrogens with zero attached hydrogens (tertiary/aromatic N) is 2. The summed E-state index contributed by atoms with van der Waals surface area (Å²) in [6.45, 7) is 2.44. The van der Waals surface area contributed by atoms with Crippen LogP contribution >= 0.6 is 31.9 Å². The first-order valence-corrected chi connectivity index (χ1v) is 7.15. The molecular weight excluding hydrogens is 384 g/mol. The van der Waals surface area contributed by atoms with Crippen molar-refractivity contribution in [3.8, 4) is 0 Å². The summed E-state index contributed by atoms with van der Waals surface area (Å²) < 4.78 is 30.4. The summed E-state index contributed by atoms with van der Waals surface area (Å²) in [4.78, 5) is 0. The SMILES string of the molecule is CCn1ncc(Br)c1C(N)c1c(F)cc(Br)cc1F. The molecule has 1 atom stereocenters. The van der Waals surface area contributed by atoms with E-state index < -0.39 is 17.7 Å². The van der Waals surface area contributed by atoms with Gasteiger partial charge in [0.25, 0.3) is 0 Å². The molecule has 2 rings (SSSR count). The van der Waals surface area contributed by atoms with Crippen LogP contribution in [0.4, 0.5) is 8.78 Å².